The minimum absolute atomic E-state index is 0.238. The van der Waals surface area contributed by atoms with Crippen molar-refractivity contribution < 1.29 is 9.47 Å². The molecule has 0 unspecified atom stereocenters. The van der Waals surface area contributed by atoms with Crippen LogP contribution in [0.5, 0.6) is 0 Å². The lowest BCUT2D eigenvalue weighted by molar-refractivity contribution is -0.0842. The molecule has 1 heterocycles. The monoisotopic (exact) mass is 218 g/mol. The van der Waals surface area contributed by atoms with Crippen molar-refractivity contribution in [3.05, 3.63) is 0 Å². The zero-order chi connectivity index (χ0) is 10.6. The maximum atomic E-state index is 5.53. The average molecular weight is 218 g/mol. The van der Waals surface area contributed by atoms with E-state index in [0.717, 1.165) is 5.16 Å². The van der Waals surface area contributed by atoms with Gasteiger partial charge in [0, 0.05) is 21.3 Å². The predicted octanol–water partition coefficient (Wildman–Crippen LogP) is 0.108. The number of nitrogens with zero attached hydrogens (tertiary/aromatic N) is 3. The molecular formula is C7H14N4O2S. The van der Waals surface area contributed by atoms with Gasteiger partial charge in [-0.25, -0.2) is 0 Å². The van der Waals surface area contributed by atoms with Crippen molar-refractivity contribution in [3.8, 4) is 0 Å². The molecule has 0 atom stereocenters. The molecule has 0 amide bonds. The predicted molar refractivity (Wildman–Crippen MR) is 53.9 cm³/mol. The summed E-state index contributed by atoms with van der Waals surface area (Å²) >= 11 is 1.48. The van der Waals surface area contributed by atoms with Crippen molar-refractivity contribution in [2.75, 3.05) is 25.7 Å². The Kier molecular flexibility index (Phi) is 4.18. The van der Waals surface area contributed by atoms with Gasteiger partial charge in [-0.15, -0.1) is 10.2 Å². The lowest BCUT2D eigenvalue weighted by atomic mass is 10.7. The third kappa shape index (κ3) is 2.60. The highest BCUT2D eigenvalue weighted by atomic mass is 32.2. The maximum absolute atomic E-state index is 5.53. The SMILES string of the molecule is COC(CSc1nnc(N)n1C)OC. The fourth-order valence-corrected chi connectivity index (χ4v) is 1.77. The summed E-state index contributed by atoms with van der Waals surface area (Å²) in [5.74, 6) is 1.05. The largest absolute Gasteiger partial charge is 0.368 e. The number of rotatable bonds is 5. The molecule has 80 valence electrons. The van der Waals surface area contributed by atoms with Crippen LogP contribution in [0.1, 0.15) is 0 Å². The first-order chi connectivity index (χ1) is 6.69. The van der Waals surface area contributed by atoms with E-state index in [-0.39, 0.29) is 6.29 Å². The second-order valence-corrected chi connectivity index (χ2v) is 3.60. The molecule has 1 aromatic rings. The smallest absolute Gasteiger partial charge is 0.222 e. The van der Waals surface area contributed by atoms with Gasteiger partial charge in [-0.05, 0) is 0 Å². The molecule has 0 radical (unpaired) electrons. The van der Waals surface area contributed by atoms with Gasteiger partial charge >= 0.3 is 0 Å². The van der Waals surface area contributed by atoms with Crippen molar-refractivity contribution >= 4 is 17.7 Å². The Balaban J connectivity index is 2.49. The molecule has 14 heavy (non-hydrogen) atoms. The fourth-order valence-electron chi connectivity index (χ4n) is 0.827. The molecule has 0 aromatic carbocycles. The molecule has 6 nitrogen and oxygen atoms in total. The lowest BCUT2D eigenvalue weighted by Crippen LogP contribution is -2.16. The standard InChI is InChI=1S/C7H14N4O2S/c1-11-6(8)9-10-7(11)14-4-5(12-2)13-3/h5H,4H2,1-3H3,(H2,8,9). The number of hydrogen-bond acceptors (Lipinski definition) is 6. The van der Waals surface area contributed by atoms with Crippen LogP contribution < -0.4 is 5.73 Å². The Bertz CT molecular complexity index is 287. The molecule has 0 bridgehead atoms. The molecule has 1 aromatic heterocycles. The van der Waals surface area contributed by atoms with Crippen LogP contribution in [0.15, 0.2) is 5.16 Å². The third-order valence-electron chi connectivity index (χ3n) is 1.74. The lowest BCUT2D eigenvalue weighted by Gasteiger charge is -2.11. The molecule has 1 rings (SSSR count). The van der Waals surface area contributed by atoms with Crippen LogP contribution in [-0.2, 0) is 16.5 Å². The minimum Gasteiger partial charge on any atom is -0.368 e. The molecular weight excluding hydrogens is 204 g/mol. The average Bonchev–Trinajstić information content (AvgIpc) is 2.51. The zero-order valence-electron chi connectivity index (χ0n) is 8.43. The van der Waals surface area contributed by atoms with Gasteiger partial charge in [-0.1, -0.05) is 11.8 Å². The Morgan fingerprint density at radius 2 is 2.07 bits per heavy atom. The maximum Gasteiger partial charge on any atom is 0.222 e. The Hall–Kier alpha value is -0.790. The van der Waals surface area contributed by atoms with Crippen molar-refractivity contribution in [1.29, 1.82) is 0 Å². The van der Waals surface area contributed by atoms with Crippen LogP contribution in [0.3, 0.4) is 0 Å². The highest BCUT2D eigenvalue weighted by molar-refractivity contribution is 7.99. The first kappa shape index (κ1) is 11.3. The first-order valence-corrected chi connectivity index (χ1v) is 5.00. The van der Waals surface area contributed by atoms with Crippen LogP contribution in [0.2, 0.25) is 0 Å². The van der Waals surface area contributed by atoms with Gasteiger partial charge < -0.3 is 15.2 Å². The molecule has 0 aliphatic heterocycles. The van der Waals surface area contributed by atoms with Gasteiger partial charge in [-0.3, -0.25) is 4.57 Å². The van der Waals surface area contributed by atoms with E-state index in [4.69, 9.17) is 15.2 Å². The highest BCUT2D eigenvalue weighted by Crippen LogP contribution is 2.18. The van der Waals surface area contributed by atoms with E-state index in [9.17, 15) is 0 Å². The summed E-state index contributed by atoms with van der Waals surface area (Å²) in [4.78, 5) is 0. The summed E-state index contributed by atoms with van der Waals surface area (Å²) in [6.07, 6.45) is -0.238. The van der Waals surface area contributed by atoms with E-state index in [1.165, 1.54) is 11.8 Å². The molecule has 0 saturated carbocycles. The number of anilines is 1. The number of hydrogen-bond donors (Lipinski definition) is 1. The number of methoxy groups -OCH3 is 2. The summed E-state index contributed by atoms with van der Waals surface area (Å²) in [6, 6.07) is 0. The van der Waals surface area contributed by atoms with Crippen molar-refractivity contribution in [1.82, 2.24) is 14.8 Å². The molecule has 0 aliphatic carbocycles. The minimum atomic E-state index is -0.238. The number of aromatic nitrogens is 3. The van der Waals surface area contributed by atoms with Crippen molar-refractivity contribution in [2.45, 2.75) is 11.4 Å². The molecule has 0 aliphatic rings. The topological polar surface area (TPSA) is 75.2 Å². The number of thioether (sulfide) groups is 1. The van der Waals surface area contributed by atoms with Gasteiger partial charge in [0.1, 0.15) is 0 Å². The number of nitrogen functional groups attached to an aromatic ring is 1. The van der Waals surface area contributed by atoms with Crippen LogP contribution in [0.25, 0.3) is 0 Å². The normalized spacial score (nSPS) is 11.1. The number of nitrogens with two attached hydrogens (primary N) is 1. The fraction of sp³-hybridized carbons (Fsp3) is 0.714. The highest BCUT2D eigenvalue weighted by Gasteiger charge is 2.10. The second kappa shape index (κ2) is 5.18. The Labute approximate surface area is 86.8 Å². The van der Waals surface area contributed by atoms with E-state index < -0.39 is 0 Å². The Morgan fingerprint density at radius 3 is 2.50 bits per heavy atom. The van der Waals surface area contributed by atoms with Gasteiger partial charge in [0.05, 0.1) is 5.75 Å². The molecule has 2 N–H and O–H groups in total. The third-order valence-corrected chi connectivity index (χ3v) is 2.80. The second-order valence-electron chi connectivity index (χ2n) is 2.61. The van der Waals surface area contributed by atoms with Gasteiger partial charge in [0.2, 0.25) is 5.95 Å². The molecule has 0 fully saturated rings. The summed E-state index contributed by atoms with van der Waals surface area (Å²) in [5.41, 5.74) is 5.53. The van der Waals surface area contributed by atoms with E-state index >= 15 is 0 Å². The number of ether oxygens (including phenoxy) is 2. The van der Waals surface area contributed by atoms with Crippen LogP contribution in [0, 0.1) is 0 Å². The van der Waals surface area contributed by atoms with Gasteiger partial charge in [0.15, 0.2) is 11.4 Å². The van der Waals surface area contributed by atoms with Crippen molar-refractivity contribution in [3.63, 3.8) is 0 Å². The summed E-state index contributed by atoms with van der Waals surface area (Å²) in [5, 5.41) is 8.38. The van der Waals surface area contributed by atoms with E-state index in [1.807, 2.05) is 7.05 Å². The summed E-state index contributed by atoms with van der Waals surface area (Å²) in [6.45, 7) is 0. The van der Waals surface area contributed by atoms with E-state index in [0.29, 0.717) is 11.7 Å². The summed E-state index contributed by atoms with van der Waals surface area (Å²) < 4.78 is 11.8. The van der Waals surface area contributed by atoms with Crippen LogP contribution in [0.4, 0.5) is 5.95 Å². The van der Waals surface area contributed by atoms with Gasteiger partial charge in [-0.2, -0.15) is 0 Å². The summed E-state index contributed by atoms with van der Waals surface area (Å²) in [7, 11) is 5.01. The quantitative estimate of drug-likeness (QED) is 0.558. The van der Waals surface area contributed by atoms with Crippen molar-refractivity contribution in [2.24, 2.45) is 7.05 Å². The molecule has 0 spiro atoms. The van der Waals surface area contributed by atoms with E-state index in [1.54, 1.807) is 18.8 Å². The van der Waals surface area contributed by atoms with E-state index in [2.05, 4.69) is 10.2 Å². The zero-order valence-corrected chi connectivity index (χ0v) is 9.24. The van der Waals surface area contributed by atoms with Crippen LogP contribution in [-0.4, -0.2) is 41.0 Å². The van der Waals surface area contributed by atoms with Crippen LogP contribution >= 0.6 is 11.8 Å². The molecule has 7 heteroatoms. The Morgan fingerprint density at radius 1 is 1.43 bits per heavy atom. The molecule has 0 saturated heterocycles. The first-order valence-electron chi connectivity index (χ1n) is 4.02. The van der Waals surface area contributed by atoms with Gasteiger partial charge in [0.25, 0.3) is 0 Å².